The van der Waals surface area contributed by atoms with E-state index in [2.05, 4.69) is 181 Å². The van der Waals surface area contributed by atoms with Gasteiger partial charge >= 0.3 is 29.9 Å². The molecule has 0 saturated carbocycles. The second-order valence-electron chi connectivity index (χ2n) is 19.8. The minimum Gasteiger partial charge on any atom is -1.00 e. The number of imidazole rings is 5. The van der Waals surface area contributed by atoms with E-state index < -0.39 is 51.1 Å². The minimum atomic E-state index is -6.72. The summed E-state index contributed by atoms with van der Waals surface area (Å²) in [5.41, 5.74) is -12.4. The monoisotopic (exact) mass is 1560 g/mol. The quantitative estimate of drug-likeness (QED) is 0.0197. The average Bonchev–Trinajstić information content (AvgIpc) is 1.38. The molecule has 20 nitrogen and oxygen atoms in total. The normalized spacial score (nSPS) is 11.5. The summed E-state index contributed by atoms with van der Waals surface area (Å²) < 4.78 is 171. The molecule has 0 aliphatic heterocycles. The summed E-state index contributed by atoms with van der Waals surface area (Å²) in [6, 6.07) is 0. The topological polar surface area (TPSA) is 218 Å². The molecule has 496 valence electrons. The Bertz CT molecular complexity index is 2630. The predicted octanol–water partition coefficient (Wildman–Crippen LogP) is 1.02. The van der Waals surface area contributed by atoms with Crippen molar-refractivity contribution in [2.75, 3.05) is 23.2 Å². The Morgan fingerprint density at radius 1 is 0.419 bits per heavy atom. The van der Waals surface area contributed by atoms with Crippen molar-refractivity contribution in [2.45, 2.75) is 172 Å². The molecule has 0 amide bonds. The summed E-state index contributed by atoms with van der Waals surface area (Å²) in [5, 5.41) is 2.35. The molecule has 0 N–H and O–H groups in total. The number of nitrogens with zero attached hydrogens (tertiary/aromatic N) is 12. The van der Waals surface area contributed by atoms with E-state index in [1.54, 1.807) is 12.5 Å². The third kappa shape index (κ3) is 50.6. The fourth-order valence-corrected chi connectivity index (χ4v) is 11.8. The first-order chi connectivity index (χ1) is 38.7. The largest absolute Gasteiger partial charge is 1.00 e. The van der Waals surface area contributed by atoms with E-state index in [9.17, 15) is 60.0 Å². The van der Waals surface area contributed by atoms with Crippen molar-refractivity contribution in [1.29, 1.82) is 0 Å². The third-order valence-electron chi connectivity index (χ3n) is 11.4. The second-order valence-corrected chi connectivity index (χ2v) is 28.3. The van der Waals surface area contributed by atoms with Gasteiger partial charge in [-0.1, -0.05) is 102 Å². The van der Waals surface area contributed by atoms with Gasteiger partial charge in [0, 0.05) is 42.6 Å². The maximum atomic E-state index is 11.4. The van der Waals surface area contributed by atoms with Crippen LogP contribution in [0.4, 0.5) is 26.3 Å². The Morgan fingerprint density at radius 2 is 0.651 bits per heavy atom. The Balaban J connectivity index is -0.000000486. The molecule has 0 bridgehead atoms. The molecule has 0 saturated heterocycles. The molecule has 0 unspecified atom stereocenters. The molecule has 5 rings (SSSR count). The molecule has 5 heterocycles. The van der Waals surface area contributed by atoms with Crippen LogP contribution in [0.3, 0.4) is 0 Å². The number of sulfonamides is 4. The van der Waals surface area contributed by atoms with Crippen molar-refractivity contribution in [3.05, 3.63) is 102 Å². The van der Waals surface area contributed by atoms with Gasteiger partial charge in [0.1, 0.15) is 49.6 Å². The van der Waals surface area contributed by atoms with Gasteiger partial charge in [0.2, 0.25) is 25.3 Å². The fourth-order valence-electron chi connectivity index (χ4n) is 7.34. The molecular weight excluding hydrogens is 1480 g/mol. The van der Waals surface area contributed by atoms with E-state index in [4.69, 9.17) is 0 Å². The minimum absolute atomic E-state index is 0. The number of halogens is 10. The van der Waals surface area contributed by atoms with Crippen LogP contribution in [-0.4, -0.2) is 95.7 Å². The van der Waals surface area contributed by atoms with Gasteiger partial charge in [0.15, 0.2) is 20.0 Å². The van der Waals surface area contributed by atoms with Gasteiger partial charge in [0.05, 0.1) is 80.7 Å². The molecule has 5 aromatic heterocycles. The van der Waals surface area contributed by atoms with Crippen molar-refractivity contribution in [2.24, 2.45) is 35.2 Å². The number of unbranched alkanes of at least 4 members (excludes halogenated alkanes) is 18. The second kappa shape index (κ2) is 49.6. The Hall–Kier alpha value is -2.13. The van der Waals surface area contributed by atoms with Crippen LogP contribution in [0.1, 0.15) is 135 Å². The number of rotatable bonds is 32. The summed E-state index contributed by atoms with van der Waals surface area (Å²) in [6.07, 6.45) is 61.2. The van der Waals surface area contributed by atoms with Crippen LogP contribution in [0.2, 0.25) is 0 Å². The van der Waals surface area contributed by atoms with Crippen LogP contribution in [0.5, 0.6) is 0 Å². The van der Waals surface area contributed by atoms with Crippen LogP contribution in [0, 0.1) is 0 Å². The van der Waals surface area contributed by atoms with Gasteiger partial charge in [-0.05, 0) is 64.2 Å². The standard InChI is InChI=1S/2C17H30N4.C9H18Br2.C4H6N2.C2F6NO4S2.C2H6NO4S2.2BrH.Li/c2*1-18-12-14-20(16-18)10-8-6-4-3-5-7-9-11-21-15-13-19(2)17-21;10-8-6-4-2-1-3-5-7-9-11;1-6-3-2-5-4-6;3-1(4,5)14(10,11)9-15(12,13)2(6,7)8;1-8(4,5)3-9(2,6)7;;;/h2*12-17H,3-11H2,1-2H3;1-9H2;2-4H,1H3;;1-2H3;2*1H;/q2*+2;;;2*-1;;;+1/p-2. The molecular formula is C51H90Br4F6LiN12O8S4+. The molecule has 35 heteroatoms. The van der Waals surface area contributed by atoms with E-state index in [0.717, 1.165) is 30.3 Å². The number of alkyl halides is 8. The molecule has 0 aromatic carbocycles. The Kier molecular flexibility index (Phi) is 52.0. The summed E-state index contributed by atoms with van der Waals surface area (Å²) >= 11 is 6.87. The van der Waals surface area contributed by atoms with Crippen molar-refractivity contribution in [3.63, 3.8) is 0 Å². The van der Waals surface area contributed by atoms with E-state index >= 15 is 0 Å². The molecule has 0 aliphatic carbocycles. The molecule has 0 fully saturated rings. The number of aryl methyl sites for hydroxylation is 9. The molecule has 86 heavy (non-hydrogen) atoms. The first kappa shape index (κ1) is 90.3. The fraction of sp³-hybridized carbons (Fsp3) is 0.706. The Labute approximate surface area is 558 Å². The van der Waals surface area contributed by atoms with Crippen LogP contribution in [0.25, 0.3) is 8.25 Å². The maximum Gasteiger partial charge on any atom is 1.00 e. The predicted molar refractivity (Wildman–Crippen MR) is 317 cm³/mol. The van der Waals surface area contributed by atoms with Crippen molar-refractivity contribution in [3.8, 4) is 0 Å². The summed E-state index contributed by atoms with van der Waals surface area (Å²) in [6.45, 7) is 4.63. The summed E-state index contributed by atoms with van der Waals surface area (Å²) in [5.74, 6) is 0. The van der Waals surface area contributed by atoms with Crippen molar-refractivity contribution < 1.29 is 131 Å². The average molecular weight is 1570 g/mol. The van der Waals surface area contributed by atoms with Crippen molar-refractivity contribution in [1.82, 2.24) is 27.8 Å². The third-order valence-corrected chi connectivity index (χ3v) is 17.4. The maximum absolute atomic E-state index is 11.4. The van der Waals surface area contributed by atoms with Crippen LogP contribution >= 0.6 is 31.9 Å². The van der Waals surface area contributed by atoms with E-state index in [1.807, 2.05) is 17.8 Å². The smallest absolute Gasteiger partial charge is 1.00 e. The SMILES string of the molecule is BrCCCCCCCCCBr.CS(=O)(=O)[N-]S(C)(=O)=O.C[n+]1ccn(CCCCCCCCCn2cc[n+](C)c2)c1.C[n+]1ccn(CCCCCCCCCn2cc[n+](C)c2)c1.Cn1ccnc1.O=S(=O)([N-]S(=O)(=O)C(F)(F)F)C(F)(F)F.[Br-].[Br-].[Li+]. The molecule has 0 radical (unpaired) electrons. The van der Waals surface area contributed by atoms with E-state index in [-0.39, 0.29) is 52.8 Å². The van der Waals surface area contributed by atoms with Gasteiger partial charge in [-0.3, -0.25) is 0 Å². The molecule has 0 atom stereocenters. The zero-order valence-electron chi connectivity index (χ0n) is 50.8. The number of aromatic nitrogens is 10. The molecule has 0 aliphatic rings. The van der Waals surface area contributed by atoms with Gasteiger partial charge in [-0.15, -0.1) is 0 Å². The van der Waals surface area contributed by atoms with Crippen LogP contribution in [-0.2, 0) is 102 Å². The van der Waals surface area contributed by atoms with Crippen molar-refractivity contribution >= 4 is 72.0 Å². The van der Waals surface area contributed by atoms with Crippen LogP contribution < -0.4 is 71.1 Å². The number of hydrogen-bond acceptors (Lipinski definition) is 9. The first-order valence-electron chi connectivity index (χ1n) is 27.3. The zero-order chi connectivity index (χ0) is 63.0. The summed E-state index contributed by atoms with van der Waals surface area (Å²) in [7, 11) is -10.7. The van der Waals surface area contributed by atoms with Gasteiger partial charge in [-0.2, -0.15) is 26.3 Å². The van der Waals surface area contributed by atoms with Gasteiger partial charge in [0.25, 0.3) is 0 Å². The van der Waals surface area contributed by atoms with E-state index in [1.165, 1.54) is 145 Å². The summed E-state index contributed by atoms with van der Waals surface area (Å²) in [4.78, 5) is 3.78. The molecule has 5 aromatic rings. The number of hydrogen-bond donors (Lipinski definition) is 0. The van der Waals surface area contributed by atoms with Crippen LogP contribution in [0.15, 0.2) is 93.6 Å². The first-order valence-corrected chi connectivity index (χ1v) is 36.1. The van der Waals surface area contributed by atoms with Gasteiger partial charge < -0.3 is 46.8 Å². The zero-order valence-corrected chi connectivity index (χ0v) is 60.4. The van der Waals surface area contributed by atoms with Gasteiger partial charge in [-0.25, -0.2) is 75.2 Å². The van der Waals surface area contributed by atoms with E-state index in [0.29, 0.717) is 12.5 Å². The Morgan fingerprint density at radius 3 is 0.791 bits per heavy atom. The molecule has 0 spiro atoms.